The zero-order chi connectivity index (χ0) is 12.0. The molecule has 0 bridgehead atoms. The van der Waals surface area contributed by atoms with Gasteiger partial charge < -0.3 is 5.32 Å². The Labute approximate surface area is 96.3 Å². The first-order chi connectivity index (χ1) is 7.53. The van der Waals surface area contributed by atoms with Gasteiger partial charge in [-0.1, -0.05) is 6.92 Å². The molecule has 0 saturated carbocycles. The van der Waals surface area contributed by atoms with E-state index in [0.717, 1.165) is 5.56 Å². The molecule has 1 aromatic heterocycles. The molecular weight excluding hydrogens is 226 g/mol. The largest absolute Gasteiger partial charge is 0.369 e. The van der Waals surface area contributed by atoms with Crippen molar-refractivity contribution in [2.75, 3.05) is 24.2 Å². The van der Waals surface area contributed by atoms with E-state index >= 15 is 0 Å². The summed E-state index contributed by atoms with van der Waals surface area (Å²) >= 11 is 0. The van der Waals surface area contributed by atoms with E-state index in [1.165, 1.54) is 0 Å². The van der Waals surface area contributed by atoms with Gasteiger partial charge in [-0.2, -0.15) is 0 Å². The number of rotatable bonds is 6. The molecule has 0 aromatic carbocycles. The van der Waals surface area contributed by atoms with Crippen LogP contribution in [-0.4, -0.2) is 32.2 Å². The van der Waals surface area contributed by atoms with Gasteiger partial charge in [0.2, 0.25) is 10.0 Å². The van der Waals surface area contributed by atoms with Crippen molar-refractivity contribution < 1.29 is 8.42 Å². The summed E-state index contributed by atoms with van der Waals surface area (Å²) < 4.78 is 25.1. The van der Waals surface area contributed by atoms with Crippen molar-refractivity contribution in [1.82, 2.24) is 9.71 Å². The summed E-state index contributed by atoms with van der Waals surface area (Å²) in [5.74, 6) is 0.753. The summed E-state index contributed by atoms with van der Waals surface area (Å²) in [5.41, 5.74) is 1.09. The summed E-state index contributed by atoms with van der Waals surface area (Å²) in [6.45, 7) is 4.49. The van der Waals surface area contributed by atoms with Gasteiger partial charge in [0.05, 0.1) is 5.75 Å². The molecule has 0 atom stereocenters. The third-order valence-corrected chi connectivity index (χ3v) is 3.43. The van der Waals surface area contributed by atoms with Gasteiger partial charge in [-0.3, -0.25) is 0 Å². The molecule has 0 amide bonds. The third-order valence-electron chi connectivity index (χ3n) is 1.96. The monoisotopic (exact) mass is 243 g/mol. The lowest BCUT2D eigenvalue weighted by Crippen LogP contribution is -2.29. The van der Waals surface area contributed by atoms with Crippen molar-refractivity contribution >= 4 is 15.8 Å². The zero-order valence-corrected chi connectivity index (χ0v) is 10.3. The lowest BCUT2D eigenvalue weighted by Gasteiger charge is -2.07. The van der Waals surface area contributed by atoms with E-state index in [1.807, 2.05) is 19.1 Å². The molecule has 0 saturated heterocycles. The fourth-order valence-corrected chi connectivity index (χ4v) is 2.19. The zero-order valence-electron chi connectivity index (χ0n) is 9.53. The summed E-state index contributed by atoms with van der Waals surface area (Å²) in [6.07, 6.45) is 1.69. The van der Waals surface area contributed by atoms with Crippen LogP contribution in [0.5, 0.6) is 0 Å². The molecular formula is C10H17N3O2S. The smallest absolute Gasteiger partial charge is 0.213 e. The van der Waals surface area contributed by atoms with Crippen LogP contribution in [0.3, 0.4) is 0 Å². The van der Waals surface area contributed by atoms with Crippen LogP contribution < -0.4 is 10.0 Å². The highest BCUT2D eigenvalue weighted by atomic mass is 32.2. The lowest BCUT2D eigenvalue weighted by atomic mass is 10.3. The fourth-order valence-electron chi connectivity index (χ4n) is 1.24. The Kier molecular flexibility index (Phi) is 4.70. The predicted molar refractivity (Wildman–Crippen MR) is 64.9 cm³/mol. The van der Waals surface area contributed by atoms with Crippen LogP contribution in [0.4, 0.5) is 5.82 Å². The Bertz CT molecular complexity index is 431. The third kappa shape index (κ3) is 4.59. The minimum Gasteiger partial charge on any atom is -0.369 e. The van der Waals surface area contributed by atoms with Gasteiger partial charge in [-0.05, 0) is 24.6 Å². The van der Waals surface area contributed by atoms with Gasteiger partial charge in [0.1, 0.15) is 5.82 Å². The van der Waals surface area contributed by atoms with Crippen molar-refractivity contribution in [2.24, 2.45) is 0 Å². The van der Waals surface area contributed by atoms with Crippen molar-refractivity contribution in [3.05, 3.63) is 23.9 Å². The molecule has 1 rings (SSSR count). The van der Waals surface area contributed by atoms with E-state index < -0.39 is 10.0 Å². The highest BCUT2D eigenvalue weighted by Gasteiger charge is 2.07. The maximum atomic E-state index is 11.3. The van der Waals surface area contributed by atoms with E-state index in [0.29, 0.717) is 18.9 Å². The SMILES string of the molecule is CCNS(=O)(=O)CCNc1cc(C)ccn1. The molecule has 16 heavy (non-hydrogen) atoms. The van der Waals surface area contributed by atoms with Crippen molar-refractivity contribution in [2.45, 2.75) is 13.8 Å². The highest BCUT2D eigenvalue weighted by Crippen LogP contribution is 2.04. The van der Waals surface area contributed by atoms with Gasteiger partial charge in [-0.25, -0.2) is 18.1 Å². The van der Waals surface area contributed by atoms with Crippen LogP contribution in [0.1, 0.15) is 12.5 Å². The van der Waals surface area contributed by atoms with Crippen LogP contribution in [-0.2, 0) is 10.0 Å². The van der Waals surface area contributed by atoms with E-state index in [1.54, 1.807) is 13.1 Å². The van der Waals surface area contributed by atoms with Gasteiger partial charge in [-0.15, -0.1) is 0 Å². The molecule has 1 aromatic rings. The second kappa shape index (κ2) is 5.81. The normalized spacial score (nSPS) is 11.4. The number of nitrogens with one attached hydrogen (secondary N) is 2. The van der Waals surface area contributed by atoms with E-state index in [2.05, 4.69) is 15.0 Å². The van der Waals surface area contributed by atoms with E-state index in [4.69, 9.17) is 0 Å². The van der Waals surface area contributed by atoms with Gasteiger partial charge in [0.15, 0.2) is 0 Å². The quantitative estimate of drug-likeness (QED) is 0.773. The molecule has 0 fully saturated rings. The van der Waals surface area contributed by atoms with Crippen LogP contribution in [0.25, 0.3) is 0 Å². The molecule has 0 aliphatic carbocycles. The summed E-state index contributed by atoms with van der Waals surface area (Å²) in [7, 11) is -3.15. The van der Waals surface area contributed by atoms with Crippen molar-refractivity contribution in [3.8, 4) is 0 Å². The minimum atomic E-state index is -3.15. The highest BCUT2D eigenvalue weighted by molar-refractivity contribution is 7.89. The molecule has 90 valence electrons. The second-order valence-corrected chi connectivity index (χ2v) is 5.39. The first-order valence-electron chi connectivity index (χ1n) is 5.17. The molecule has 6 heteroatoms. The Morgan fingerprint density at radius 3 is 2.81 bits per heavy atom. The Balaban J connectivity index is 2.42. The molecule has 0 aliphatic heterocycles. The van der Waals surface area contributed by atoms with Gasteiger partial charge in [0.25, 0.3) is 0 Å². The molecule has 2 N–H and O–H groups in total. The first kappa shape index (κ1) is 12.9. The molecule has 0 spiro atoms. The maximum absolute atomic E-state index is 11.3. The Morgan fingerprint density at radius 2 is 2.19 bits per heavy atom. The first-order valence-corrected chi connectivity index (χ1v) is 6.82. The molecule has 1 heterocycles. The van der Waals surface area contributed by atoms with Crippen LogP contribution in [0.2, 0.25) is 0 Å². The lowest BCUT2D eigenvalue weighted by molar-refractivity contribution is 0.584. The van der Waals surface area contributed by atoms with Crippen molar-refractivity contribution in [3.63, 3.8) is 0 Å². The van der Waals surface area contributed by atoms with Crippen molar-refractivity contribution in [1.29, 1.82) is 0 Å². The number of aryl methyl sites for hydroxylation is 1. The number of pyridine rings is 1. The number of anilines is 1. The number of hydrogen-bond donors (Lipinski definition) is 2. The number of sulfonamides is 1. The fraction of sp³-hybridized carbons (Fsp3) is 0.500. The minimum absolute atomic E-state index is 0.0520. The average Bonchev–Trinajstić information content (AvgIpc) is 2.17. The second-order valence-electron chi connectivity index (χ2n) is 3.46. The molecule has 0 aliphatic rings. The number of hydrogen-bond acceptors (Lipinski definition) is 4. The van der Waals surface area contributed by atoms with E-state index in [9.17, 15) is 8.42 Å². The summed E-state index contributed by atoms with van der Waals surface area (Å²) in [5, 5.41) is 2.97. The average molecular weight is 243 g/mol. The maximum Gasteiger partial charge on any atom is 0.213 e. The van der Waals surface area contributed by atoms with Crippen LogP contribution in [0.15, 0.2) is 18.3 Å². The standard InChI is InChI=1S/C10H17N3O2S/c1-3-13-16(14,15)7-6-12-10-8-9(2)4-5-11-10/h4-5,8,13H,3,6-7H2,1-2H3,(H,11,12). The van der Waals surface area contributed by atoms with E-state index in [-0.39, 0.29) is 5.75 Å². The van der Waals surface area contributed by atoms with Gasteiger partial charge >= 0.3 is 0 Å². The number of nitrogens with zero attached hydrogens (tertiary/aromatic N) is 1. The summed E-state index contributed by atoms with van der Waals surface area (Å²) in [6, 6.07) is 3.76. The topological polar surface area (TPSA) is 71.1 Å². The number of aromatic nitrogens is 1. The van der Waals surface area contributed by atoms with Gasteiger partial charge in [0, 0.05) is 19.3 Å². The summed E-state index contributed by atoms with van der Waals surface area (Å²) in [4.78, 5) is 4.08. The van der Waals surface area contributed by atoms with Crippen LogP contribution >= 0.6 is 0 Å². The molecule has 0 unspecified atom stereocenters. The Morgan fingerprint density at radius 1 is 1.44 bits per heavy atom. The predicted octanol–water partition coefficient (Wildman–Crippen LogP) is 0.741. The van der Waals surface area contributed by atoms with Crippen LogP contribution in [0, 0.1) is 6.92 Å². The Hall–Kier alpha value is -1.14. The molecule has 0 radical (unpaired) electrons. The molecule has 5 nitrogen and oxygen atoms in total.